The molecule has 0 fully saturated rings. The number of aryl methyl sites for hydroxylation is 2. The smallest absolute Gasteiger partial charge is 0.227 e. The normalized spacial score (nSPS) is 16.2. The van der Waals surface area contributed by atoms with E-state index in [1.165, 1.54) is 4.88 Å². The Hall–Kier alpha value is -2.24. The number of amides is 1. The predicted molar refractivity (Wildman–Crippen MR) is 106 cm³/mol. The zero-order valence-corrected chi connectivity index (χ0v) is 15.9. The largest absolute Gasteiger partial charge is 0.326 e. The van der Waals surface area contributed by atoms with Crippen molar-refractivity contribution in [1.29, 1.82) is 0 Å². The zero-order chi connectivity index (χ0) is 18.1. The molecule has 1 aliphatic carbocycles. The molecule has 4 rings (SSSR count). The lowest BCUT2D eigenvalue weighted by Crippen LogP contribution is -2.27. The quantitative estimate of drug-likeness (QED) is 0.699. The van der Waals surface area contributed by atoms with Crippen molar-refractivity contribution in [2.24, 2.45) is 5.92 Å². The van der Waals surface area contributed by atoms with Crippen LogP contribution in [0, 0.1) is 12.8 Å². The van der Waals surface area contributed by atoms with Gasteiger partial charge in [-0.25, -0.2) is 4.98 Å². The van der Waals surface area contributed by atoms with Crippen LogP contribution in [0.4, 0.5) is 5.69 Å². The lowest BCUT2D eigenvalue weighted by molar-refractivity contribution is -0.120. The number of aromatic nitrogens is 2. The van der Waals surface area contributed by atoms with Gasteiger partial charge in [-0.15, -0.1) is 11.3 Å². The van der Waals surface area contributed by atoms with Crippen LogP contribution in [0.1, 0.15) is 22.6 Å². The molecule has 0 bridgehead atoms. The van der Waals surface area contributed by atoms with Crippen molar-refractivity contribution >= 4 is 34.5 Å². The summed E-state index contributed by atoms with van der Waals surface area (Å²) >= 11 is 7.79. The third-order valence-corrected chi connectivity index (χ3v) is 6.18. The lowest BCUT2D eigenvalue weighted by Gasteiger charge is -2.20. The molecule has 4 nitrogen and oxygen atoms in total. The number of thiazole rings is 1. The monoisotopic (exact) mass is 383 g/mol. The summed E-state index contributed by atoms with van der Waals surface area (Å²) in [6.45, 7) is 1.94. The van der Waals surface area contributed by atoms with Gasteiger partial charge in [-0.2, -0.15) is 0 Å². The summed E-state index contributed by atoms with van der Waals surface area (Å²) in [6.07, 6.45) is 4.14. The highest BCUT2D eigenvalue weighted by atomic mass is 35.5. The molecule has 1 amide bonds. The van der Waals surface area contributed by atoms with Crippen LogP contribution in [0.15, 0.2) is 42.6 Å². The van der Waals surface area contributed by atoms with Gasteiger partial charge in [-0.05, 0) is 56.0 Å². The number of nitrogens with zero attached hydrogens (tertiary/aromatic N) is 2. The summed E-state index contributed by atoms with van der Waals surface area (Å²) in [6, 6.07) is 11.4. The second kappa shape index (κ2) is 7.17. The van der Waals surface area contributed by atoms with E-state index in [-0.39, 0.29) is 11.8 Å². The maximum absolute atomic E-state index is 12.7. The van der Waals surface area contributed by atoms with Gasteiger partial charge in [0, 0.05) is 27.7 Å². The first-order chi connectivity index (χ1) is 12.6. The van der Waals surface area contributed by atoms with Gasteiger partial charge in [0.2, 0.25) is 5.91 Å². The summed E-state index contributed by atoms with van der Waals surface area (Å²) < 4.78 is 0. The number of halogens is 1. The molecule has 1 aliphatic rings. The van der Waals surface area contributed by atoms with E-state index in [0.29, 0.717) is 5.02 Å². The first-order valence-corrected chi connectivity index (χ1v) is 9.76. The van der Waals surface area contributed by atoms with Gasteiger partial charge in [0.1, 0.15) is 5.01 Å². The minimum absolute atomic E-state index is 0.0420. The highest BCUT2D eigenvalue weighted by Gasteiger charge is 2.28. The Bertz CT molecular complexity index is 955. The molecule has 1 aromatic carbocycles. The fourth-order valence-corrected chi connectivity index (χ4v) is 4.46. The summed E-state index contributed by atoms with van der Waals surface area (Å²) in [5.41, 5.74) is 3.74. The minimum atomic E-state index is -0.0420. The van der Waals surface area contributed by atoms with Gasteiger partial charge < -0.3 is 5.32 Å². The molecular formula is C20H18ClN3OS. The summed E-state index contributed by atoms with van der Waals surface area (Å²) in [4.78, 5) is 23.0. The molecule has 1 N–H and O–H groups in total. The molecule has 0 saturated carbocycles. The van der Waals surface area contributed by atoms with E-state index in [1.54, 1.807) is 23.6 Å². The van der Waals surface area contributed by atoms with Crippen LogP contribution in [-0.4, -0.2) is 15.9 Å². The molecule has 1 unspecified atom stereocenters. The Balaban J connectivity index is 1.48. The molecule has 0 saturated heterocycles. The van der Waals surface area contributed by atoms with E-state index >= 15 is 0 Å². The molecule has 6 heteroatoms. The molecule has 0 radical (unpaired) electrons. The maximum atomic E-state index is 12.7. The third kappa shape index (κ3) is 3.50. The second-order valence-corrected chi connectivity index (χ2v) is 7.99. The second-order valence-electron chi connectivity index (χ2n) is 6.50. The van der Waals surface area contributed by atoms with Gasteiger partial charge >= 0.3 is 0 Å². The molecule has 132 valence electrons. The Kier molecular flexibility index (Phi) is 4.74. The van der Waals surface area contributed by atoms with Crippen LogP contribution in [-0.2, 0) is 17.6 Å². The summed E-state index contributed by atoms with van der Waals surface area (Å²) in [5, 5.41) is 4.59. The standard InChI is InChI=1S/C20H18ClN3OS/c1-12-5-7-14(11-15(12)21)23-19(25)13-6-8-16-18(10-13)26-20(24-16)17-4-2-3-9-22-17/h2-5,7,9,11,13H,6,8,10H2,1H3,(H,23,25). The third-order valence-electron chi connectivity index (χ3n) is 4.63. The maximum Gasteiger partial charge on any atom is 0.227 e. The van der Waals surface area contributed by atoms with Crippen molar-refractivity contribution in [3.05, 3.63) is 63.8 Å². The number of benzene rings is 1. The molecule has 2 aromatic heterocycles. The van der Waals surface area contributed by atoms with Crippen molar-refractivity contribution < 1.29 is 4.79 Å². The van der Waals surface area contributed by atoms with Crippen LogP contribution in [0.3, 0.4) is 0 Å². The lowest BCUT2D eigenvalue weighted by atomic mass is 9.90. The number of hydrogen-bond donors (Lipinski definition) is 1. The minimum Gasteiger partial charge on any atom is -0.326 e. The molecule has 2 heterocycles. The Labute approximate surface area is 161 Å². The van der Waals surface area contributed by atoms with E-state index in [1.807, 2.05) is 37.3 Å². The van der Waals surface area contributed by atoms with E-state index in [4.69, 9.17) is 16.6 Å². The number of fused-ring (bicyclic) bond motifs is 1. The number of pyridine rings is 1. The number of carbonyl (C=O) groups is 1. The van der Waals surface area contributed by atoms with Gasteiger partial charge in [0.15, 0.2) is 0 Å². The molecule has 26 heavy (non-hydrogen) atoms. The summed E-state index contributed by atoms with van der Waals surface area (Å²) in [7, 11) is 0. The van der Waals surface area contributed by atoms with Crippen molar-refractivity contribution in [1.82, 2.24) is 9.97 Å². The number of anilines is 1. The van der Waals surface area contributed by atoms with Gasteiger partial charge in [-0.1, -0.05) is 23.7 Å². The van der Waals surface area contributed by atoms with Crippen molar-refractivity contribution in [3.63, 3.8) is 0 Å². The van der Waals surface area contributed by atoms with Crippen molar-refractivity contribution in [3.8, 4) is 10.7 Å². The average molecular weight is 384 g/mol. The summed E-state index contributed by atoms with van der Waals surface area (Å²) in [5.74, 6) is 0.00275. The molecular weight excluding hydrogens is 366 g/mol. The van der Waals surface area contributed by atoms with Gasteiger partial charge in [0.05, 0.1) is 11.4 Å². The van der Waals surface area contributed by atoms with Gasteiger partial charge in [-0.3, -0.25) is 9.78 Å². The first-order valence-electron chi connectivity index (χ1n) is 8.57. The van der Waals surface area contributed by atoms with E-state index < -0.39 is 0 Å². The van der Waals surface area contributed by atoms with Crippen LogP contribution < -0.4 is 5.32 Å². The Morgan fingerprint density at radius 3 is 2.96 bits per heavy atom. The predicted octanol–water partition coefficient (Wildman–Crippen LogP) is 4.91. The van der Waals surface area contributed by atoms with Crippen LogP contribution in [0.25, 0.3) is 10.7 Å². The molecule has 1 atom stereocenters. The van der Waals surface area contributed by atoms with Gasteiger partial charge in [0.25, 0.3) is 0 Å². The topological polar surface area (TPSA) is 54.9 Å². The number of hydrogen-bond acceptors (Lipinski definition) is 4. The van der Waals surface area contributed by atoms with E-state index in [9.17, 15) is 4.79 Å². The van der Waals surface area contributed by atoms with Crippen molar-refractivity contribution in [2.75, 3.05) is 5.32 Å². The van der Waals surface area contributed by atoms with Crippen LogP contribution >= 0.6 is 22.9 Å². The van der Waals surface area contributed by atoms with E-state index in [0.717, 1.165) is 46.9 Å². The average Bonchev–Trinajstić information content (AvgIpc) is 3.09. The fourth-order valence-electron chi connectivity index (χ4n) is 3.11. The zero-order valence-electron chi connectivity index (χ0n) is 14.3. The number of nitrogens with one attached hydrogen (secondary N) is 1. The first kappa shape index (κ1) is 17.2. The molecule has 0 spiro atoms. The van der Waals surface area contributed by atoms with Crippen LogP contribution in [0.5, 0.6) is 0 Å². The fraction of sp³-hybridized carbons (Fsp3) is 0.250. The SMILES string of the molecule is Cc1ccc(NC(=O)C2CCc3nc(-c4ccccn4)sc3C2)cc1Cl. The van der Waals surface area contributed by atoms with Crippen molar-refractivity contribution in [2.45, 2.75) is 26.2 Å². The highest BCUT2D eigenvalue weighted by molar-refractivity contribution is 7.15. The van der Waals surface area contributed by atoms with E-state index in [2.05, 4.69) is 10.3 Å². The van der Waals surface area contributed by atoms with Crippen LogP contribution in [0.2, 0.25) is 5.02 Å². The molecule has 0 aliphatic heterocycles. The molecule has 3 aromatic rings. The Morgan fingerprint density at radius 1 is 1.31 bits per heavy atom. The Morgan fingerprint density at radius 2 is 2.19 bits per heavy atom. The highest BCUT2D eigenvalue weighted by Crippen LogP contribution is 2.34. The number of rotatable bonds is 3. The number of carbonyl (C=O) groups excluding carboxylic acids is 1.